The van der Waals surface area contributed by atoms with Gasteiger partial charge < -0.3 is 4.74 Å². The molecule has 124 valence electrons. The van der Waals surface area contributed by atoms with Crippen LogP contribution >= 0.6 is 0 Å². The van der Waals surface area contributed by atoms with E-state index < -0.39 is 15.8 Å². The van der Waals surface area contributed by atoms with Gasteiger partial charge in [0.1, 0.15) is 16.5 Å². The molecule has 0 aromatic heterocycles. The quantitative estimate of drug-likeness (QED) is 0.895. The molecule has 2 aromatic rings. The van der Waals surface area contributed by atoms with E-state index in [4.69, 9.17) is 4.74 Å². The van der Waals surface area contributed by atoms with Crippen molar-refractivity contribution >= 4 is 15.7 Å². The molecule has 0 atom stereocenters. The normalized spacial score (nSPS) is 11.6. The molecule has 0 amide bonds. The summed E-state index contributed by atoms with van der Waals surface area (Å²) in [6, 6.07) is 8.49. The number of aryl methyl sites for hydroxylation is 1. The van der Waals surface area contributed by atoms with Crippen molar-refractivity contribution < 1.29 is 17.5 Å². The Labute approximate surface area is 136 Å². The van der Waals surface area contributed by atoms with E-state index in [-0.39, 0.29) is 16.6 Å². The molecule has 2 rings (SSSR count). The molecule has 0 heterocycles. The first kappa shape index (κ1) is 17.3. The number of nitrogens with one attached hydrogen (secondary N) is 1. The van der Waals surface area contributed by atoms with Crippen LogP contribution in [0.3, 0.4) is 0 Å². The number of halogens is 1. The maximum absolute atomic E-state index is 13.0. The summed E-state index contributed by atoms with van der Waals surface area (Å²) in [4.78, 5) is 0.0682. The molecule has 0 radical (unpaired) electrons. The van der Waals surface area contributed by atoms with Gasteiger partial charge >= 0.3 is 0 Å². The van der Waals surface area contributed by atoms with E-state index in [0.29, 0.717) is 5.69 Å². The topological polar surface area (TPSA) is 55.4 Å². The highest BCUT2D eigenvalue weighted by Crippen LogP contribution is 2.32. The van der Waals surface area contributed by atoms with Crippen molar-refractivity contribution in [3.05, 3.63) is 53.3 Å². The highest BCUT2D eigenvalue weighted by atomic mass is 32.2. The van der Waals surface area contributed by atoms with Gasteiger partial charge in [0.2, 0.25) is 0 Å². The minimum atomic E-state index is -3.84. The van der Waals surface area contributed by atoms with E-state index in [0.717, 1.165) is 11.1 Å². The first-order chi connectivity index (χ1) is 10.7. The highest BCUT2D eigenvalue weighted by Gasteiger charge is 2.22. The van der Waals surface area contributed by atoms with Gasteiger partial charge in [-0.25, -0.2) is 12.8 Å². The van der Waals surface area contributed by atoms with Crippen LogP contribution in [-0.2, 0) is 10.0 Å². The third-order valence-electron chi connectivity index (χ3n) is 3.56. The van der Waals surface area contributed by atoms with Crippen molar-refractivity contribution in [2.75, 3.05) is 11.8 Å². The van der Waals surface area contributed by atoms with Crippen LogP contribution in [-0.4, -0.2) is 15.5 Å². The lowest BCUT2D eigenvalue weighted by molar-refractivity contribution is 0.402. The number of hydrogen-bond acceptors (Lipinski definition) is 3. The van der Waals surface area contributed by atoms with Crippen molar-refractivity contribution in [3.63, 3.8) is 0 Å². The Hall–Kier alpha value is -2.08. The van der Waals surface area contributed by atoms with E-state index in [9.17, 15) is 12.8 Å². The van der Waals surface area contributed by atoms with Gasteiger partial charge in [-0.3, -0.25) is 4.72 Å². The largest absolute Gasteiger partial charge is 0.495 e. The molecule has 6 heteroatoms. The number of ether oxygens (including phenoxy) is 1. The Bertz CT molecular complexity index is 799. The average molecular weight is 337 g/mol. The fraction of sp³-hybridized carbons (Fsp3) is 0.294. The molecule has 2 aromatic carbocycles. The van der Waals surface area contributed by atoms with Crippen LogP contribution in [0.2, 0.25) is 0 Å². The number of hydrogen-bond donors (Lipinski definition) is 1. The maximum Gasteiger partial charge on any atom is 0.265 e. The van der Waals surface area contributed by atoms with Crippen molar-refractivity contribution in [3.8, 4) is 5.75 Å². The molecule has 0 fully saturated rings. The van der Waals surface area contributed by atoms with Crippen LogP contribution in [0.25, 0.3) is 0 Å². The van der Waals surface area contributed by atoms with Crippen LogP contribution in [0, 0.1) is 12.7 Å². The van der Waals surface area contributed by atoms with E-state index in [1.54, 1.807) is 12.1 Å². The predicted octanol–water partition coefficient (Wildman–Crippen LogP) is 4.07. The van der Waals surface area contributed by atoms with Gasteiger partial charge in [0.15, 0.2) is 0 Å². The van der Waals surface area contributed by atoms with Gasteiger partial charge in [-0.05, 0) is 60.4 Å². The SMILES string of the molecule is COc1cc(C)c(C(C)C)cc1S(=O)(=O)Nc1ccc(F)cc1. The Morgan fingerprint density at radius 3 is 2.26 bits per heavy atom. The highest BCUT2D eigenvalue weighted by molar-refractivity contribution is 7.92. The molecule has 0 aliphatic heterocycles. The molecule has 0 saturated heterocycles. The Morgan fingerprint density at radius 2 is 1.74 bits per heavy atom. The Morgan fingerprint density at radius 1 is 1.13 bits per heavy atom. The lowest BCUT2D eigenvalue weighted by atomic mass is 9.98. The summed E-state index contributed by atoms with van der Waals surface area (Å²) >= 11 is 0. The zero-order valence-corrected chi connectivity index (χ0v) is 14.4. The second-order valence-corrected chi connectivity index (χ2v) is 7.28. The van der Waals surface area contributed by atoms with E-state index in [1.807, 2.05) is 20.8 Å². The summed E-state index contributed by atoms with van der Waals surface area (Å²) in [5, 5.41) is 0. The zero-order valence-electron chi connectivity index (χ0n) is 13.6. The fourth-order valence-electron chi connectivity index (χ4n) is 2.40. The minimum Gasteiger partial charge on any atom is -0.495 e. The summed E-state index contributed by atoms with van der Waals surface area (Å²) in [7, 11) is -2.41. The number of anilines is 1. The molecule has 23 heavy (non-hydrogen) atoms. The summed E-state index contributed by atoms with van der Waals surface area (Å²) in [6.45, 7) is 5.92. The molecule has 4 nitrogen and oxygen atoms in total. The number of sulfonamides is 1. The summed E-state index contributed by atoms with van der Waals surface area (Å²) in [6.07, 6.45) is 0. The van der Waals surface area contributed by atoms with Gasteiger partial charge in [-0.1, -0.05) is 13.8 Å². The lowest BCUT2D eigenvalue weighted by Gasteiger charge is -2.17. The van der Waals surface area contributed by atoms with E-state index in [1.165, 1.54) is 31.4 Å². The zero-order chi connectivity index (χ0) is 17.2. The van der Waals surface area contributed by atoms with E-state index in [2.05, 4.69) is 4.72 Å². The van der Waals surface area contributed by atoms with Crippen LogP contribution in [0.1, 0.15) is 30.9 Å². The molecule has 0 aliphatic rings. The molecular formula is C17H20FNO3S. The van der Waals surface area contributed by atoms with Crippen molar-refractivity contribution in [1.82, 2.24) is 0 Å². The average Bonchev–Trinajstić information content (AvgIpc) is 2.48. The first-order valence-corrected chi connectivity index (χ1v) is 8.70. The summed E-state index contributed by atoms with van der Waals surface area (Å²) in [5.74, 6) is 0.0325. The maximum atomic E-state index is 13.0. The molecule has 0 spiro atoms. The molecule has 0 unspecified atom stereocenters. The van der Waals surface area contributed by atoms with Crippen LogP contribution in [0.5, 0.6) is 5.75 Å². The molecule has 0 bridgehead atoms. The van der Waals surface area contributed by atoms with Gasteiger partial charge in [-0.2, -0.15) is 0 Å². The fourth-order valence-corrected chi connectivity index (χ4v) is 3.64. The predicted molar refractivity (Wildman–Crippen MR) is 89.0 cm³/mol. The van der Waals surface area contributed by atoms with Gasteiger partial charge in [-0.15, -0.1) is 0 Å². The lowest BCUT2D eigenvalue weighted by Crippen LogP contribution is -2.15. The molecule has 1 N–H and O–H groups in total. The van der Waals surface area contributed by atoms with Crippen molar-refractivity contribution in [2.45, 2.75) is 31.6 Å². The standard InChI is InChI=1S/C17H20FNO3S/c1-11(2)15-10-17(16(22-4)9-12(15)3)23(20,21)19-14-7-5-13(18)6-8-14/h5-11,19H,1-4H3. The number of benzene rings is 2. The first-order valence-electron chi connectivity index (χ1n) is 7.21. The smallest absolute Gasteiger partial charge is 0.265 e. The van der Waals surface area contributed by atoms with Crippen LogP contribution < -0.4 is 9.46 Å². The third kappa shape index (κ3) is 3.82. The van der Waals surface area contributed by atoms with Crippen LogP contribution in [0.4, 0.5) is 10.1 Å². The third-order valence-corrected chi connectivity index (χ3v) is 4.96. The minimum absolute atomic E-state index is 0.0682. The molecular weight excluding hydrogens is 317 g/mol. The summed E-state index contributed by atoms with van der Waals surface area (Å²) < 4.78 is 46.0. The van der Waals surface area contributed by atoms with Crippen molar-refractivity contribution in [2.24, 2.45) is 0 Å². The second-order valence-electron chi connectivity index (χ2n) is 5.63. The monoisotopic (exact) mass is 337 g/mol. The Balaban J connectivity index is 2.49. The Kier molecular flexibility index (Phi) is 4.94. The number of methoxy groups -OCH3 is 1. The van der Waals surface area contributed by atoms with Crippen LogP contribution in [0.15, 0.2) is 41.3 Å². The van der Waals surface area contributed by atoms with E-state index >= 15 is 0 Å². The van der Waals surface area contributed by atoms with Gasteiger partial charge in [0, 0.05) is 5.69 Å². The molecule has 0 aliphatic carbocycles. The van der Waals surface area contributed by atoms with Gasteiger partial charge in [0.05, 0.1) is 7.11 Å². The molecule has 0 saturated carbocycles. The van der Waals surface area contributed by atoms with Gasteiger partial charge in [0.25, 0.3) is 10.0 Å². The van der Waals surface area contributed by atoms with Crippen molar-refractivity contribution in [1.29, 1.82) is 0 Å². The second kappa shape index (κ2) is 6.58. The number of rotatable bonds is 5. The summed E-state index contributed by atoms with van der Waals surface area (Å²) in [5.41, 5.74) is 2.20.